The lowest BCUT2D eigenvalue weighted by Gasteiger charge is -2.30. The number of halogens is 1. The summed E-state index contributed by atoms with van der Waals surface area (Å²) in [7, 11) is -3.97. The van der Waals surface area contributed by atoms with Gasteiger partial charge in [0.1, 0.15) is 0 Å². The largest absolute Gasteiger partial charge is 0.481 e. The van der Waals surface area contributed by atoms with Gasteiger partial charge in [0.25, 0.3) is 0 Å². The van der Waals surface area contributed by atoms with Crippen molar-refractivity contribution in [3.8, 4) is 0 Å². The van der Waals surface area contributed by atoms with Crippen LogP contribution in [0.4, 0.5) is 0 Å². The van der Waals surface area contributed by atoms with E-state index in [4.69, 9.17) is 11.6 Å². The van der Waals surface area contributed by atoms with Crippen molar-refractivity contribution < 1.29 is 18.3 Å². The van der Waals surface area contributed by atoms with Crippen LogP contribution < -0.4 is 0 Å². The second kappa shape index (κ2) is 11.0. The average molecular weight is 544 g/mol. The van der Waals surface area contributed by atoms with Crippen molar-refractivity contribution in [1.82, 2.24) is 4.31 Å². The van der Waals surface area contributed by atoms with Gasteiger partial charge < -0.3 is 5.11 Å². The molecule has 0 aromatic heterocycles. The van der Waals surface area contributed by atoms with Gasteiger partial charge in [-0.3, -0.25) is 4.79 Å². The number of sulfonamides is 1. The van der Waals surface area contributed by atoms with E-state index in [-0.39, 0.29) is 4.90 Å². The van der Waals surface area contributed by atoms with E-state index < -0.39 is 39.2 Å². The number of aryl methyl sites for hydroxylation is 2. The molecule has 1 fully saturated rings. The van der Waals surface area contributed by atoms with Gasteiger partial charge >= 0.3 is 5.97 Å². The van der Waals surface area contributed by atoms with E-state index in [1.165, 1.54) is 16.1 Å². The molecule has 1 aliphatic rings. The van der Waals surface area contributed by atoms with Gasteiger partial charge in [-0.2, -0.15) is 16.1 Å². The summed E-state index contributed by atoms with van der Waals surface area (Å²) >= 11 is 7.53. The Kier molecular flexibility index (Phi) is 8.15. The molecule has 1 aliphatic heterocycles. The normalized spacial score (nSPS) is 22.6. The Labute approximate surface area is 222 Å². The SMILES string of the molecule is CC[C@@H]1[C@@H](SCc2ccc(Cl)cc2)[C@@H](C(=O)O)[C@H](c2ccc(C)cc2)N1S(=O)(=O)c1ccc(C)cc1. The molecule has 0 unspecified atom stereocenters. The van der Waals surface area contributed by atoms with Crippen molar-refractivity contribution in [3.63, 3.8) is 0 Å². The van der Waals surface area contributed by atoms with Crippen LogP contribution in [0.15, 0.2) is 77.7 Å². The summed E-state index contributed by atoms with van der Waals surface area (Å²) in [5, 5.41) is 10.7. The summed E-state index contributed by atoms with van der Waals surface area (Å²) in [6.45, 7) is 5.78. The lowest BCUT2D eigenvalue weighted by atomic mass is 9.92. The van der Waals surface area contributed by atoms with Crippen molar-refractivity contribution in [2.75, 3.05) is 0 Å². The molecule has 36 heavy (non-hydrogen) atoms. The van der Waals surface area contributed by atoms with Gasteiger partial charge in [-0.15, -0.1) is 0 Å². The molecule has 0 saturated carbocycles. The van der Waals surface area contributed by atoms with Crippen molar-refractivity contribution in [2.24, 2.45) is 5.92 Å². The fraction of sp³-hybridized carbons (Fsp3) is 0.321. The molecular weight excluding hydrogens is 514 g/mol. The van der Waals surface area contributed by atoms with Crippen LogP contribution in [0, 0.1) is 19.8 Å². The molecule has 190 valence electrons. The van der Waals surface area contributed by atoms with Gasteiger partial charge in [-0.1, -0.05) is 78.2 Å². The van der Waals surface area contributed by atoms with Gasteiger partial charge in [0, 0.05) is 22.1 Å². The van der Waals surface area contributed by atoms with E-state index in [0.29, 0.717) is 22.8 Å². The minimum absolute atomic E-state index is 0.177. The molecule has 0 amide bonds. The minimum atomic E-state index is -3.97. The number of rotatable bonds is 8. The minimum Gasteiger partial charge on any atom is -0.481 e. The third-order valence-corrected chi connectivity index (χ3v) is 10.4. The van der Waals surface area contributed by atoms with E-state index >= 15 is 0 Å². The first-order chi connectivity index (χ1) is 17.1. The Morgan fingerprint density at radius 3 is 2.03 bits per heavy atom. The number of aliphatic carboxylic acids is 1. The molecule has 1 N–H and O–H groups in total. The Balaban J connectivity index is 1.82. The number of benzene rings is 3. The van der Waals surface area contributed by atoms with Crippen LogP contribution in [-0.4, -0.2) is 35.1 Å². The first kappa shape index (κ1) is 26.7. The van der Waals surface area contributed by atoms with Crippen LogP contribution in [-0.2, 0) is 20.6 Å². The van der Waals surface area contributed by atoms with Gasteiger partial charge in [0.2, 0.25) is 10.0 Å². The van der Waals surface area contributed by atoms with Crippen LogP contribution in [0.25, 0.3) is 0 Å². The Hall–Kier alpha value is -2.32. The van der Waals surface area contributed by atoms with E-state index in [9.17, 15) is 18.3 Å². The standard InChI is InChI=1S/C28H30ClNO4S2/c1-4-24-27(35-17-20-9-13-22(29)14-10-20)25(28(31)32)26(21-11-5-18(2)6-12-21)30(24)36(33,34)23-15-7-19(3)8-16-23/h5-16,24-27H,4,17H2,1-3H3,(H,31,32)/t24-,25+,26+,27-/m1/s1. The lowest BCUT2D eigenvalue weighted by Crippen LogP contribution is -2.39. The van der Waals surface area contributed by atoms with E-state index in [0.717, 1.165) is 16.7 Å². The zero-order valence-electron chi connectivity index (χ0n) is 20.5. The highest BCUT2D eigenvalue weighted by Gasteiger charge is 2.56. The second-order valence-corrected chi connectivity index (χ2v) is 12.7. The van der Waals surface area contributed by atoms with Gasteiger partial charge in [-0.05, 0) is 55.7 Å². The maximum atomic E-state index is 14.1. The molecule has 0 radical (unpaired) electrons. The smallest absolute Gasteiger partial charge is 0.309 e. The Bertz CT molecular complexity index is 1310. The molecule has 1 saturated heterocycles. The van der Waals surface area contributed by atoms with Crippen LogP contribution in [0.3, 0.4) is 0 Å². The molecule has 4 rings (SSSR count). The first-order valence-electron chi connectivity index (χ1n) is 11.9. The predicted molar refractivity (Wildman–Crippen MR) is 146 cm³/mol. The second-order valence-electron chi connectivity index (χ2n) is 9.25. The highest BCUT2D eigenvalue weighted by Crippen LogP contribution is 2.50. The summed E-state index contributed by atoms with van der Waals surface area (Å²) in [5.74, 6) is -1.34. The molecule has 0 aliphatic carbocycles. The van der Waals surface area contributed by atoms with Crippen molar-refractivity contribution in [3.05, 3.63) is 100 Å². The van der Waals surface area contributed by atoms with Gasteiger partial charge in [0.05, 0.1) is 16.9 Å². The molecule has 0 spiro atoms. The quantitative estimate of drug-likeness (QED) is 0.352. The van der Waals surface area contributed by atoms with Gasteiger partial charge in [-0.25, -0.2) is 8.42 Å². The van der Waals surface area contributed by atoms with Crippen LogP contribution in [0.2, 0.25) is 5.02 Å². The van der Waals surface area contributed by atoms with Crippen LogP contribution in [0.5, 0.6) is 0 Å². The predicted octanol–water partition coefficient (Wildman–Crippen LogP) is 6.48. The number of hydrogen-bond donors (Lipinski definition) is 1. The average Bonchev–Trinajstić information content (AvgIpc) is 3.19. The molecule has 1 heterocycles. The number of thioether (sulfide) groups is 1. The van der Waals surface area contributed by atoms with Crippen LogP contribution in [0.1, 0.15) is 41.6 Å². The zero-order chi connectivity index (χ0) is 26.0. The lowest BCUT2D eigenvalue weighted by molar-refractivity contribution is -0.142. The molecule has 0 bridgehead atoms. The van der Waals surface area contributed by atoms with E-state index in [1.807, 2.05) is 57.2 Å². The molecule has 3 aromatic carbocycles. The topological polar surface area (TPSA) is 74.7 Å². The Morgan fingerprint density at radius 2 is 1.50 bits per heavy atom. The maximum absolute atomic E-state index is 14.1. The number of nitrogens with zero attached hydrogens (tertiary/aromatic N) is 1. The van der Waals surface area contributed by atoms with Crippen molar-refractivity contribution >= 4 is 39.4 Å². The molecule has 8 heteroatoms. The fourth-order valence-corrected chi connectivity index (χ4v) is 8.59. The molecule has 5 nitrogen and oxygen atoms in total. The van der Waals surface area contributed by atoms with Crippen molar-refractivity contribution in [1.29, 1.82) is 0 Å². The summed E-state index contributed by atoms with van der Waals surface area (Å²) in [6.07, 6.45) is 0.496. The van der Waals surface area contributed by atoms with E-state index in [2.05, 4.69) is 0 Å². The van der Waals surface area contributed by atoms with Crippen LogP contribution >= 0.6 is 23.4 Å². The fourth-order valence-electron chi connectivity index (χ4n) is 4.88. The number of carboxylic acid groups (broad SMARTS) is 1. The van der Waals surface area contributed by atoms with Crippen molar-refractivity contribution in [2.45, 2.75) is 55.2 Å². The number of carboxylic acids is 1. The summed E-state index contributed by atoms with van der Waals surface area (Å²) in [4.78, 5) is 13.0. The summed E-state index contributed by atoms with van der Waals surface area (Å²) in [6, 6.07) is 20.4. The Morgan fingerprint density at radius 1 is 0.944 bits per heavy atom. The molecule has 4 atom stereocenters. The highest BCUT2D eigenvalue weighted by molar-refractivity contribution is 7.99. The highest BCUT2D eigenvalue weighted by atomic mass is 35.5. The summed E-state index contributed by atoms with van der Waals surface area (Å²) in [5.41, 5.74) is 3.68. The first-order valence-corrected chi connectivity index (χ1v) is 14.8. The van der Waals surface area contributed by atoms with Gasteiger partial charge in [0.15, 0.2) is 0 Å². The molecular formula is C28H30ClNO4S2. The zero-order valence-corrected chi connectivity index (χ0v) is 22.9. The number of hydrogen-bond acceptors (Lipinski definition) is 4. The maximum Gasteiger partial charge on any atom is 0.309 e. The van der Waals surface area contributed by atoms with E-state index in [1.54, 1.807) is 36.4 Å². The third-order valence-electron chi connectivity index (χ3n) is 6.75. The molecule has 3 aromatic rings. The monoisotopic (exact) mass is 543 g/mol. The number of carbonyl (C=O) groups is 1. The summed E-state index contributed by atoms with van der Waals surface area (Å²) < 4.78 is 29.7. The third kappa shape index (κ3) is 5.35.